The number of rotatable bonds is 4. The standard InChI is InChI=1S/C20H29N7O/c1-15(2)5-8-25-9-6-18-23-17(13-26(18)11-10-25)20(28)27-7-3-4-16(12-27)19-21-14-22-24-19/h5,13-14,16H,3-4,6-12H2,1-2H3,(H,21,22,24). The fourth-order valence-corrected chi connectivity index (χ4v) is 4.02. The molecule has 1 unspecified atom stereocenters. The first-order valence-electron chi connectivity index (χ1n) is 10.2. The molecular weight excluding hydrogens is 354 g/mol. The van der Waals surface area contributed by atoms with Gasteiger partial charge in [-0.05, 0) is 26.7 Å². The second kappa shape index (κ2) is 8.26. The number of aromatic nitrogens is 5. The van der Waals surface area contributed by atoms with E-state index in [4.69, 9.17) is 4.98 Å². The Hall–Kier alpha value is -2.48. The van der Waals surface area contributed by atoms with Crippen molar-refractivity contribution in [3.8, 4) is 0 Å². The van der Waals surface area contributed by atoms with Crippen molar-refractivity contribution in [1.82, 2.24) is 34.5 Å². The van der Waals surface area contributed by atoms with E-state index in [0.717, 1.165) is 63.6 Å². The summed E-state index contributed by atoms with van der Waals surface area (Å²) in [5, 5.41) is 6.89. The Bertz CT molecular complexity index is 809. The molecule has 28 heavy (non-hydrogen) atoms. The molecule has 0 bridgehead atoms. The molecule has 4 rings (SSSR count). The largest absolute Gasteiger partial charge is 0.337 e. The molecular formula is C20H29N7O. The van der Waals surface area contributed by atoms with Crippen LogP contribution in [0.5, 0.6) is 0 Å². The Morgan fingerprint density at radius 2 is 2.18 bits per heavy atom. The molecule has 1 saturated heterocycles. The summed E-state index contributed by atoms with van der Waals surface area (Å²) in [7, 11) is 0. The third kappa shape index (κ3) is 4.16. The van der Waals surface area contributed by atoms with E-state index in [-0.39, 0.29) is 11.8 Å². The highest BCUT2D eigenvalue weighted by molar-refractivity contribution is 5.92. The van der Waals surface area contributed by atoms with Crippen LogP contribution >= 0.6 is 0 Å². The Morgan fingerprint density at radius 1 is 1.29 bits per heavy atom. The molecule has 1 N–H and O–H groups in total. The fourth-order valence-electron chi connectivity index (χ4n) is 4.02. The number of allylic oxidation sites excluding steroid dienone is 1. The zero-order valence-corrected chi connectivity index (χ0v) is 16.8. The lowest BCUT2D eigenvalue weighted by Gasteiger charge is -2.31. The van der Waals surface area contributed by atoms with Gasteiger partial charge < -0.3 is 9.47 Å². The van der Waals surface area contributed by atoms with Crippen molar-refractivity contribution in [1.29, 1.82) is 0 Å². The summed E-state index contributed by atoms with van der Waals surface area (Å²) in [5.74, 6) is 2.15. The van der Waals surface area contributed by atoms with Crippen molar-refractivity contribution in [2.75, 3.05) is 32.7 Å². The third-order valence-electron chi connectivity index (χ3n) is 5.67. The number of likely N-dealkylation sites (tertiary alicyclic amines) is 1. The average molecular weight is 384 g/mol. The quantitative estimate of drug-likeness (QED) is 0.815. The first kappa shape index (κ1) is 18.9. The van der Waals surface area contributed by atoms with Crippen molar-refractivity contribution in [3.05, 3.63) is 41.5 Å². The van der Waals surface area contributed by atoms with Crippen molar-refractivity contribution in [2.24, 2.45) is 0 Å². The second-order valence-corrected chi connectivity index (χ2v) is 8.03. The molecule has 150 valence electrons. The van der Waals surface area contributed by atoms with Gasteiger partial charge in [0, 0.05) is 57.8 Å². The molecule has 8 heteroatoms. The number of imidazole rings is 1. The number of fused-ring (bicyclic) bond motifs is 1. The van der Waals surface area contributed by atoms with Gasteiger partial charge in [-0.3, -0.25) is 14.8 Å². The van der Waals surface area contributed by atoms with E-state index in [1.807, 2.05) is 11.1 Å². The first-order chi connectivity index (χ1) is 13.6. The Kier molecular flexibility index (Phi) is 5.57. The van der Waals surface area contributed by atoms with Crippen LogP contribution in [0.3, 0.4) is 0 Å². The molecule has 1 fully saturated rings. The number of carbonyl (C=O) groups is 1. The summed E-state index contributed by atoms with van der Waals surface area (Å²) in [6.07, 6.45) is 8.63. The van der Waals surface area contributed by atoms with Crippen LogP contribution < -0.4 is 0 Å². The predicted molar refractivity (Wildman–Crippen MR) is 106 cm³/mol. The maximum absolute atomic E-state index is 13.0. The number of aromatic amines is 1. The van der Waals surface area contributed by atoms with Gasteiger partial charge in [-0.2, -0.15) is 5.10 Å². The lowest BCUT2D eigenvalue weighted by Crippen LogP contribution is -2.39. The molecule has 0 aromatic carbocycles. The van der Waals surface area contributed by atoms with Crippen LogP contribution in [0.25, 0.3) is 0 Å². The van der Waals surface area contributed by atoms with E-state index in [1.165, 1.54) is 11.9 Å². The molecule has 4 heterocycles. The van der Waals surface area contributed by atoms with E-state index >= 15 is 0 Å². The van der Waals surface area contributed by atoms with Gasteiger partial charge in [-0.1, -0.05) is 11.6 Å². The molecule has 0 radical (unpaired) electrons. The number of hydrogen-bond donors (Lipinski definition) is 1. The van der Waals surface area contributed by atoms with Gasteiger partial charge in [0.15, 0.2) is 0 Å². The minimum Gasteiger partial charge on any atom is -0.337 e. The van der Waals surface area contributed by atoms with Crippen LogP contribution in [-0.4, -0.2) is 73.2 Å². The Balaban J connectivity index is 1.40. The van der Waals surface area contributed by atoms with Crippen LogP contribution in [0.15, 0.2) is 24.2 Å². The van der Waals surface area contributed by atoms with E-state index in [9.17, 15) is 4.79 Å². The van der Waals surface area contributed by atoms with Gasteiger partial charge in [0.25, 0.3) is 5.91 Å². The highest BCUT2D eigenvalue weighted by atomic mass is 16.2. The highest BCUT2D eigenvalue weighted by Gasteiger charge is 2.29. The molecule has 2 aromatic rings. The lowest BCUT2D eigenvalue weighted by molar-refractivity contribution is 0.0699. The summed E-state index contributed by atoms with van der Waals surface area (Å²) in [6.45, 7) is 9.55. The summed E-state index contributed by atoms with van der Waals surface area (Å²) in [6, 6.07) is 0. The molecule has 1 atom stereocenters. The lowest BCUT2D eigenvalue weighted by atomic mass is 9.97. The second-order valence-electron chi connectivity index (χ2n) is 8.03. The number of carbonyl (C=O) groups excluding carboxylic acids is 1. The molecule has 0 spiro atoms. The minimum absolute atomic E-state index is 0.0335. The van der Waals surface area contributed by atoms with Crippen LogP contribution in [0.2, 0.25) is 0 Å². The number of hydrogen-bond acceptors (Lipinski definition) is 5. The number of nitrogens with one attached hydrogen (secondary N) is 1. The number of amides is 1. The normalized spacial score (nSPS) is 20.5. The maximum atomic E-state index is 13.0. The van der Waals surface area contributed by atoms with Crippen molar-refractivity contribution < 1.29 is 4.79 Å². The molecule has 0 aliphatic carbocycles. The molecule has 2 aliphatic heterocycles. The van der Waals surface area contributed by atoms with E-state index < -0.39 is 0 Å². The van der Waals surface area contributed by atoms with Gasteiger partial charge in [0.05, 0.1) is 0 Å². The molecule has 1 amide bonds. The molecule has 0 saturated carbocycles. The fraction of sp³-hybridized carbons (Fsp3) is 0.600. The highest BCUT2D eigenvalue weighted by Crippen LogP contribution is 2.25. The number of H-pyrrole nitrogens is 1. The van der Waals surface area contributed by atoms with Gasteiger partial charge in [-0.25, -0.2) is 9.97 Å². The first-order valence-corrected chi connectivity index (χ1v) is 10.2. The molecule has 2 aromatic heterocycles. The van der Waals surface area contributed by atoms with E-state index in [1.54, 1.807) is 0 Å². The van der Waals surface area contributed by atoms with Crippen LogP contribution in [0, 0.1) is 0 Å². The van der Waals surface area contributed by atoms with Crippen LogP contribution in [0.1, 0.15) is 54.7 Å². The maximum Gasteiger partial charge on any atom is 0.274 e. The third-order valence-corrected chi connectivity index (χ3v) is 5.67. The monoisotopic (exact) mass is 383 g/mol. The zero-order chi connectivity index (χ0) is 19.5. The van der Waals surface area contributed by atoms with Gasteiger partial charge >= 0.3 is 0 Å². The smallest absolute Gasteiger partial charge is 0.274 e. The zero-order valence-electron chi connectivity index (χ0n) is 16.8. The average Bonchev–Trinajstić information content (AvgIpc) is 3.34. The van der Waals surface area contributed by atoms with Crippen molar-refractivity contribution >= 4 is 5.91 Å². The topological polar surface area (TPSA) is 82.9 Å². The Labute approximate surface area is 165 Å². The summed E-state index contributed by atoms with van der Waals surface area (Å²) >= 11 is 0. The van der Waals surface area contributed by atoms with Gasteiger partial charge in [0.1, 0.15) is 23.7 Å². The number of piperidine rings is 1. The molecule has 2 aliphatic rings. The summed E-state index contributed by atoms with van der Waals surface area (Å²) in [4.78, 5) is 26.4. The summed E-state index contributed by atoms with van der Waals surface area (Å²) in [5.41, 5.74) is 1.92. The SMILES string of the molecule is CC(C)=CCN1CCc2nc(C(=O)N3CCCC(c4ncn[nH]4)C3)cn2CC1. The minimum atomic E-state index is 0.0335. The van der Waals surface area contributed by atoms with Crippen LogP contribution in [-0.2, 0) is 13.0 Å². The van der Waals surface area contributed by atoms with E-state index in [2.05, 4.69) is 44.6 Å². The molecule has 8 nitrogen and oxygen atoms in total. The van der Waals surface area contributed by atoms with Gasteiger partial charge in [-0.15, -0.1) is 0 Å². The number of nitrogens with zero attached hydrogens (tertiary/aromatic N) is 6. The van der Waals surface area contributed by atoms with Gasteiger partial charge in [0.2, 0.25) is 0 Å². The van der Waals surface area contributed by atoms with E-state index in [0.29, 0.717) is 12.2 Å². The predicted octanol–water partition coefficient (Wildman–Crippen LogP) is 1.85. The van der Waals surface area contributed by atoms with Crippen molar-refractivity contribution in [2.45, 2.75) is 45.6 Å². The Morgan fingerprint density at radius 3 is 2.96 bits per heavy atom. The summed E-state index contributed by atoms with van der Waals surface area (Å²) < 4.78 is 2.16. The van der Waals surface area contributed by atoms with Crippen LogP contribution in [0.4, 0.5) is 0 Å². The van der Waals surface area contributed by atoms with Crippen molar-refractivity contribution in [3.63, 3.8) is 0 Å².